The van der Waals surface area contributed by atoms with Gasteiger partial charge < -0.3 is 44.7 Å². The quantitative estimate of drug-likeness (QED) is 0.0527. The number of fused-ring (bicyclic) bond motifs is 1. The lowest BCUT2D eigenvalue weighted by molar-refractivity contribution is -0.142. The average Bonchev–Trinajstić information content (AvgIpc) is 3.17. The number of carbonyl (C=O) groups is 2. The van der Waals surface area contributed by atoms with Crippen LogP contribution in [0, 0.1) is 0 Å². The van der Waals surface area contributed by atoms with E-state index in [0.717, 1.165) is 11.8 Å². The van der Waals surface area contributed by atoms with Crippen LogP contribution < -0.4 is 34.9 Å². The molecule has 5 rings (SSSR count). The number of ether oxygens (including phenoxy) is 5. The lowest BCUT2D eigenvalue weighted by atomic mass is 9.86. The smallest absolute Gasteiger partial charge is 0.329 e. The monoisotopic (exact) mass is 865 g/mol. The van der Waals surface area contributed by atoms with Crippen molar-refractivity contribution in [2.75, 3.05) is 73.3 Å². The highest BCUT2D eigenvalue weighted by atomic mass is 32.2. The summed E-state index contributed by atoms with van der Waals surface area (Å²) in [5.41, 5.74) is 1.65. The molecule has 0 saturated carbocycles. The minimum absolute atomic E-state index is 0.00895. The first kappa shape index (κ1) is 44.9. The lowest BCUT2D eigenvalue weighted by Crippen LogP contribution is -2.22. The van der Waals surface area contributed by atoms with Crippen molar-refractivity contribution in [3.8, 4) is 23.0 Å². The van der Waals surface area contributed by atoms with Crippen molar-refractivity contribution in [3.63, 3.8) is 0 Å². The number of sulfone groups is 1. The topological polar surface area (TPSA) is 230 Å². The van der Waals surface area contributed by atoms with E-state index in [1.807, 2.05) is 45.0 Å². The molecular formula is C41H47N5O12S2. The molecule has 0 aliphatic rings. The molecule has 1 aromatic heterocycles. The van der Waals surface area contributed by atoms with Crippen molar-refractivity contribution < 1.29 is 55.2 Å². The number of aromatic nitrogens is 1. The Hall–Kier alpha value is -6.15. The van der Waals surface area contributed by atoms with Crippen LogP contribution in [0.3, 0.4) is 0 Å². The first-order chi connectivity index (χ1) is 28.3. The number of rotatable bonds is 19. The number of hydrogen-bond acceptors (Lipinski definition) is 13. The van der Waals surface area contributed by atoms with E-state index in [0.29, 0.717) is 39.5 Å². The van der Waals surface area contributed by atoms with Crippen molar-refractivity contribution in [2.45, 2.75) is 31.1 Å². The summed E-state index contributed by atoms with van der Waals surface area (Å²) in [6, 6.07) is 21.2. The molecule has 0 unspecified atom stereocenters. The van der Waals surface area contributed by atoms with Gasteiger partial charge in [-0.3, -0.25) is 4.72 Å². The number of anilines is 5. The fraction of sp³-hybridized carbons (Fsp3) is 0.293. The Bertz CT molecular complexity index is 2580. The standard InChI is InChI=1S/C41H47N5O12S2/c1-41(2,3)26-19-34(39(55-5)35(20-26)46-59(6,50)51)45-40(49)44-33-11-12-36(32-10-8-7-9-31(32)33)58-28-13-14-42-37(24-28)43-27-21-29(54-4)23-30(22-27)60(52,53)18-17-56-15-16-57-25-38(47)48/h7-14,19-24,46H,15-18,25H2,1-6H3,(H,42,43)(H,47,48)(H2,44,45,49). The number of pyridine rings is 1. The van der Waals surface area contributed by atoms with Gasteiger partial charge in [0, 0.05) is 34.8 Å². The molecule has 19 heteroatoms. The molecule has 2 amide bonds. The van der Waals surface area contributed by atoms with E-state index in [-0.39, 0.29) is 53.3 Å². The maximum absolute atomic E-state index is 13.5. The molecule has 4 aromatic carbocycles. The molecule has 0 fully saturated rings. The highest BCUT2D eigenvalue weighted by Gasteiger charge is 2.23. The summed E-state index contributed by atoms with van der Waals surface area (Å²) in [5, 5.41) is 18.8. The first-order valence-corrected chi connectivity index (χ1v) is 21.9. The number of hydrogen-bond donors (Lipinski definition) is 5. The largest absolute Gasteiger partial charge is 0.497 e. The van der Waals surface area contributed by atoms with Crippen LogP contribution in [0.5, 0.6) is 23.0 Å². The van der Waals surface area contributed by atoms with Gasteiger partial charge >= 0.3 is 12.0 Å². The van der Waals surface area contributed by atoms with Crippen LogP contribution in [0.4, 0.5) is 33.4 Å². The van der Waals surface area contributed by atoms with Crippen LogP contribution in [-0.4, -0.2) is 91.6 Å². The Morgan fingerprint density at radius 1 is 0.767 bits per heavy atom. The molecule has 0 aliphatic carbocycles. The van der Waals surface area contributed by atoms with Crippen LogP contribution in [0.1, 0.15) is 26.3 Å². The van der Waals surface area contributed by atoms with Gasteiger partial charge in [-0.25, -0.2) is 31.4 Å². The third kappa shape index (κ3) is 12.4. The number of methoxy groups -OCH3 is 2. The number of sulfonamides is 1. The Balaban J connectivity index is 1.32. The molecule has 0 radical (unpaired) electrons. The van der Waals surface area contributed by atoms with E-state index >= 15 is 0 Å². The molecule has 5 aromatic rings. The van der Waals surface area contributed by atoms with Crippen molar-refractivity contribution in [1.82, 2.24) is 4.98 Å². The molecule has 0 aliphatic heterocycles. The number of carboxylic acid groups (broad SMARTS) is 1. The van der Waals surface area contributed by atoms with Gasteiger partial charge in [0.25, 0.3) is 0 Å². The van der Waals surface area contributed by atoms with Crippen molar-refractivity contribution in [2.24, 2.45) is 0 Å². The number of amides is 2. The molecule has 0 bridgehead atoms. The second-order valence-electron chi connectivity index (χ2n) is 14.3. The summed E-state index contributed by atoms with van der Waals surface area (Å²) >= 11 is 0. The van der Waals surface area contributed by atoms with E-state index < -0.39 is 43.9 Å². The van der Waals surface area contributed by atoms with E-state index in [2.05, 4.69) is 25.7 Å². The Morgan fingerprint density at radius 2 is 1.47 bits per heavy atom. The summed E-state index contributed by atoms with van der Waals surface area (Å²) in [5.74, 6) is 0.192. The molecule has 0 atom stereocenters. The van der Waals surface area contributed by atoms with E-state index in [9.17, 15) is 26.4 Å². The second-order valence-corrected chi connectivity index (χ2v) is 18.2. The molecule has 60 heavy (non-hydrogen) atoms. The number of benzene rings is 4. The number of urea groups is 1. The van der Waals surface area contributed by atoms with Crippen LogP contribution in [0.25, 0.3) is 10.8 Å². The Labute approximate surface area is 348 Å². The third-order valence-electron chi connectivity index (χ3n) is 8.64. The summed E-state index contributed by atoms with van der Waals surface area (Å²) in [4.78, 5) is 28.4. The number of carbonyl (C=O) groups excluding carboxylic acids is 1. The summed E-state index contributed by atoms with van der Waals surface area (Å²) in [6.45, 7) is 5.32. The van der Waals surface area contributed by atoms with Gasteiger partial charge in [-0.05, 0) is 53.4 Å². The zero-order valence-corrected chi connectivity index (χ0v) is 35.5. The van der Waals surface area contributed by atoms with Gasteiger partial charge in [-0.1, -0.05) is 45.0 Å². The van der Waals surface area contributed by atoms with Gasteiger partial charge in [0.15, 0.2) is 15.6 Å². The van der Waals surface area contributed by atoms with Crippen LogP contribution >= 0.6 is 0 Å². The van der Waals surface area contributed by atoms with Crippen LogP contribution in [0.2, 0.25) is 0 Å². The maximum Gasteiger partial charge on any atom is 0.329 e. The zero-order valence-electron chi connectivity index (χ0n) is 33.8. The number of nitrogens with one attached hydrogen (secondary N) is 4. The Morgan fingerprint density at radius 3 is 2.15 bits per heavy atom. The van der Waals surface area contributed by atoms with Crippen molar-refractivity contribution >= 4 is 71.2 Å². The zero-order chi connectivity index (χ0) is 43.7. The van der Waals surface area contributed by atoms with Crippen molar-refractivity contribution in [1.29, 1.82) is 0 Å². The maximum atomic E-state index is 13.5. The predicted octanol–water partition coefficient (Wildman–Crippen LogP) is 6.99. The minimum atomic E-state index is -3.81. The average molecular weight is 866 g/mol. The SMILES string of the molecule is COc1cc(Nc2cc(Oc3ccc(NC(=O)Nc4cc(C(C)(C)C)cc(NS(C)(=O)=O)c4OC)c4ccccc34)ccn2)cc(S(=O)(=O)CCOCCOCC(=O)O)c1. The predicted molar refractivity (Wildman–Crippen MR) is 229 cm³/mol. The van der Waals surface area contributed by atoms with E-state index in [1.54, 1.807) is 42.5 Å². The third-order valence-corrected chi connectivity index (χ3v) is 10.9. The fourth-order valence-electron chi connectivity index (χ4n) is 5.82. The molecule has 5 N–H and O–H groups in total. The summed E-state index contributed by atoms with van der Waals surface area (Å²) in [7, 11) is -4.68. The highest BCUT2D eigenvalue weighted by Crippen LogP contribution is 2.40. The second kappa shape index (κ2) is 19.3. The molecule has 320 valence electrons. The fourth-order valence-corrected chi connectivity index (χ4v) is 7.55. The Kier molecular flexibility index (Phi) is 14.4. The van der Waals surface area contributed by atoms with E-state index in [4.69, 9.17) is 28.8 Å². The van der Waals surface area contributed by atoms with Crippen molar-refractivity contribution in [3.05, 3.63) is 90.6 Å². The number of aliphatic carboxylic acids is 1. The van der Waals surface area contributed by atoms with Gasteiger partial charge in [0.2, 0.25) is 10.0 Å². The minimum Gasteiger partial charge on any atom is -0.497 e. The van der Waals surface area contributed by atoms with Gasteiger partial charge in [-0.2, -0.15) is 0 Å². The van der Waals surface area contributed by atoms with E-state index in [1.165, 1.54) is 32.5 Å². The van der Waals surface area contributed by atoms with Gasteiger partial charge in [-0.15, -0.1) is 0 Å². The molecule has 0 saturated heterocycles. The highest BCUT2D eigenvalue weighted by molar-refractivity contribution is 7.92. The number of carboxylic acids is 1. The summed E-state index contributed by atoms with van der Waals surface area (Å²) < 4.78 is 80.6. The van der Waals surface area contributed by atoms with Gasteiger partial charge in [0.1, 0.15) is 29.7 Å². The van der Waals surface area contributed by atoms with Crippen LogP contribution in [-0.2, 0) is 39.5 Å². The summed E-state index contributed by atoms with van der Waals surface area (Å²) in [6.07, 6.45) is 2.55. The van der Waals surface area contributed by atoms with Crippen LogP contribution in [0.15, 0.2) is 90.0 Å². The normalized spacial score (nSPS) is 11.8. The molecule has 0 spiro atoms. The molecule has 17 nitrogen and oxygen atoms in total. The lowest BCUT2D eigenvalue weighted by Gasteiger charge is -2.24. The number of nitrogens with zero attached hydrogens (tertiary/aromatic N) is 1. The molecule has 1 heterocycles. The first-order valence-electron chi connectivity index (χ1n) is 18.4. The molecular weight excluding hydrogens is 819 g/mol. The van der Waals surface area contributed by atoms with Gasteiger partial charge in [0.05, 0.1) is 68.0 Å².